The summed E-state index contributed by atoms with van der Waals surface area (Å²) >= 11 is 3.18. The Morgan fingerprint density at radius 3 is 1.46 bits per heavy atom. The number of imide groups is 2. The van der Waals surface area contributed by atoms with Crippen LogP contribution in [0.25, 0.3) is 53.1 Å². The summed E-state index contributed by atoms with van der Waals surface area (Å²) in [4.78, 5) is 61.8. The molecule has 2 aromatic carbocycles. The summed E-state index contributed by atoms with van der Waals surface area (Å²) in [5, 5.41) is 2.22. The highest BCUT2D eigenvalue weighted by atomic mass is 32.1. The van der Waals surface area contributed by atoms with Crippen LogP contribution in [0.4, 0.5) is 0 Å². The van der Waals surface area contributed by atoms with Crippen LogP contribution < -0.4 is 0 Å². The van der Waals surface area contributed by atoms with Gasteiger partial charge in [0.05, 0.1) is 13.1 Å². The predicted octanol–water partition coefficient (Wildman–Crippen LogP) is 8.50. The maximum atomic E-state index is 13.1. The van der Waals surface area contributed by atoms with Crippen LogP contribution in [-0.4, -0.2) is 47.5 Å². The van der Waals surface area contributed by atoms with Gasteiger partial charge in [0.1, 0.15) is 0 Å². The summed E-state index contributed by atoms with van der Waals surface area (Å²) < 4.78 is 2.19. The number of hydrogen-bond donors (Lipinski definition) is 0. The smallest absolute Gasteiger partial charge is 0.259 e. The van der Waals surface area contributed by atoms with Crippen LogP contribution in [0.15, 0.2) is 70.1 Å². The molecule has 10 heteroatoms. The number of carbonyl (C=O) groups is 4. The van der Waals surface area contributed by atoms with Crippen molar-refractivity contribution in [3.05, 3.63) is 114 Å². The Morgan fingerprint density at radius 2 is 1.06 bits per heavy atom. The molecule has 0 N–H and O–H groups in total. The summed E-state index contributed by atoms with van der Waals surface area (Å²) in [7, 11) is 2.83. The van der Waals surface area contributed by atoms with E-state index >= 15 is 0 Å². The van der Waals surface area contributed by atoms with E-state index in [1.54, 1.807) is 48.7 Å². The molecule has 1 fully saturated rings. The van der Waals surface area contributed by atoms with Gasteiger partial charge in [-0.2, -0.15) is 0 Å². The molecule has 2 aromatic heterocycles. The van der Waals surface area contributed by atoms with E-state index < -0.39 is 23.6 Å². The molecule has 0 bridgehead atoms. The lowest BCUT2D eigenvalue weighted by Crippen LogP contribution is -2.39. The minimum Gasteiger partial charge on any atom is -0.287 e. The minimum absolute atomic E-state index is 0.0268. The molecule has 246 valence electrons. The molecule has 1 spiro atoms. The number of amides is 4. The molecule has 4 aromatic rings. The van der Waals surface area contributed by atoms with E-state index in [9.17, 15) is 19.2 Å². The first-order valence-electron chi connectivity index (χ1n) is 16.4. The normalized spacial score (nSPS) is 20.5. The van der Waals surface area contributed by atoms with Crippen molar-refractivity contribution < 1.29 is 19.2 Å². The maximum absolute atomic E-state index is 13.1. The Bertz CT molecular complexity index is 2350. The Balaban J connectivity index is 1.26. The molecule has 2 aliphatic heterocycles. The predicted molar refractivity (Wildman–Crippen MR) is 197 cm³/mol. The molecular formula is C40H30N4O4S2. The summed E-state index contributed by atoms with van der Waals surface area (Å²) in [6.45, 7) is 18.3. The van der Waals surface area contributed by atoms with E-state index in [0.717, 1.165) is 65.4 Å². The molecule has 4 amide bonds. The van der Waals surface area contributed by atoms with Crippen molar-refractivity contribution in [2.75, 3.05) is 14.1 Å². The summed E-state index contributed by atoms with van der Waals surface area (Å²) in [6, 6.07) is 13.4. The zero-order valence-corrected chi connectivity index (χ0v) is 29.5. The Kier molecular flexibility index (Phi) is 7.20. The van der Waals surface area contributed by atoms with Gasteiger partial charge in [-0.1, -0.05) is 19.3 Å². The van der Waals surface area contributed by atoms with E-state index in [4.69, 9.17) is 13.1 Å². The Labute approximate surface area is 296 Å². The van der Waals surface area contributed by atoms with Gasteiger partial charge >= 0.3 is 0 Å². The van der Waals surface area contributed by atoms with Gasteiger partial charge in [0.25, 0.3) is 35.0 Å². The fourth-order valence-corrected chi connectivity index (χ4v) is 10.1. The fourth-order valence-electron chi connectivity index (χ4n) is 8.08. The molecule has 8 nitrogen and oxygen atoms in total. The first-order chi connectivity index (χ1) is 24.0. The van der Waals surface area contributed by atoms with E-state index in [-0.39, 0.29) is 16.8 Å². The van der Waals surface area contributed by atoms with Gasteiger partial charge in [0, 0.05) is 49.8 Å². The van der Waals surface area contributed by atoms with Gasteiger partial charge < -0.3 is 0 Å². The molecular weight excluding hydrogens is 665 g/mol. The molecule has 4 heterocycles. The number of carbonyl (C=O) groups excluding carboxylic acids is 4. The average Bonchev–Trinajstić information content (AvgIpc) is 3.77. The third-order valence-corrected chi connectivity index (χ3v) is 12.9. The zero-order chi connectivity index (χ0) is 35.2. The fraction of sp³-hybridized carbons (Fsp3) is 0.250. The van der Waals surface area contributed by atoms with Crippen molar-refractivity contribution in [1.82, 2.24) is 9.80 Å². The average molecular weight is 695 g/mol. The Hall–Kier alpha value is -5.42. The molecule has 4 aliphatic rings. The van der Waals surface area contributed by atoms with Crippen molar-refractivity contribution in [3.63, 3.8) is 0 Å². The third-order valence-electron chi connectivity index (χ3n) is 10.8. The van der Waals surface area contributed by atoms with E-state index in [1.807, 2.05) is 0 Å². The second-order valence-electron chi connectivity index (χ2n) is 13.4. The molecule has 0 atom stereocenters. The van der Waals surface area contributed by atoms with Crippen molar-refractivity contribution in [1.29, 1.82) is 0 Å². The summed E-state index contributed by atoms with van der Waals surface area (Å²) in [5.74, 6) is -1.95. The quantitative estimate of drug-likeness (QED) is 0.120. The molecule has 1 saturated carbocycles. The van der Waals surface area contributed by atoms with E-state index in [2.05, 4.69) is 46.1 Å². The highest BCUT2D eigenvalue weighted by Crippen LogP contribution is 2.58. The molecule has 0 saturated heterocycles. The molecule has 2 aliphatic carbocycles. The van der Waals surface area contributed by atoms with Crippen molar-refractivity contribution in [3.8, 4) is 11.1 Å². The number of benzene rings is 2. The van der Waals surface area contributed by atoms with E-state index in [0.29, 0.717) is 22.3 Å². The number of nitrogens with zero attached hydrogens (tertiary/aromatic N) is 4. The number of rotatable bonds is 2. The van der Waals surface area contributed by atoms with Gasteiger partial charge in [-0.05, 0) is 119 Å². The number of hydrogen-bond acceptors (Lipinski definition) is 6. The van der Waals surface area contributed by atoms with Crippen LogP contribution in [0.3, 0.4) is 0 Å². The zero-order valence-electron chi connectivity index (χ0n) is 27.9. The van der Waals surface area contributed by atoms with Gasteiger partial charge in [0.2, 0.25) is 0 Å². The van der Waals surface area contributed by atoms with Crippen LogP contribution in [0, 0.1) is 13.1 Å². The van der Waals surface area contributed by atoms with Crippen molar-refractivity contribution in [2.24, 2.45) is 0 Å². The van der Waals surface area contributed by atoms with Crippen LogP contribution in [0.2, 0.25) is 0 Å². The maximum Gasteiger partial charge on any atom is 0.259 e. The molecule has 0 unspecified atom stereocenters. The largest absolute Gasteiger partial charge is 0.287 e. The summed E-state index contributed by atoms with van der Waals surface area (Å²) in [6.07, 6.45) is 9.22. The molecule has 50 heavy (non-hydrogen) atoms. The minimum atomic E-state index is -0.569. The van der Waals surface area contributed by atoms with Gasteiger partial charge in [-0.25, -0.2) is 9.69 Å². The molecule has 8 rings (SSSR count). The first-order valence-corrected chi connectivity index (χ1v) is 18.0. The van der Waals surface area contributed by atoms with Crippen LogP contribution in [0.1, 0.15) is 66.8 Å². The van der Waals surface area contributed by atoms with E-state index in [1.165, 1.54) is 42.8 Å². The molecule has 0 radical (unpaired) electrons. The van der Waals surface area contributed by atoms with Crippen molar-refractivity contribution in [2.45, 2.75) is 51.4 Å². The van der Waals surface area contributed by atoms with Crippen LogP contribution in [-0.2, 0) is 24.6 Å². The number of thiophene rings is 2. The highest BCUT2D eigenvalue weighted by molar-refractivity contribution is 7.20. The second-order valence-corrected chi connectivity index (χ2v) is 15.7. The second kappa shape index (κ2) is 11.3. The monoisotopic (exact) mass is 694 g/mol. The van der Waals surface area contributed by atoms with Crippen LogP contribution >= 0.6 is 22.7 Å². The summed E-state index contributed by atoms with van der Waals surface area (Å²) in [5.41, 5.74) is 6.51. The van der Waals surface area contributed by atoms with Crippen molar-refractivity contribution >= 4 is 78.6 Å². The van der Waals surface area contributed by atoms with Gasteiger partial charge in [-0.15, -0.1) is 22.7 Å². The third kappa shape index (κ3) is 4.45. The lowest BCUT2D eigenvalue weighted by atomic mass is 9.67. The Morgan fingerprint density at radius 1 is 0.640 bits per heavy atom. The lowest BCUT2D eigenvalue weighted by Gasteiger charge is -2.36. The first kappa shape index (κ1) is 31.8. The van der Waals surface area contributed by atoms with Gasteiger partial charge in [0.15, 0.2) is 0 Å². The SMILES string of the molecule is [C-]#[N+]C1=C(C)/C(=C/c2cc3cc4c(cc3s2)-c2cc3sc(/C=C5/C(=O)N(C)C(=O)C([N+]#[C-])=C5C)cc3cc2C42CCCCC2)C(=O)N(C)C1=O. The van der Waals surface area contributed by atoms with Crippen LogP contribution in [0.5, 0.6) is 0 Å². The number of fused-ring (bicyclic) bond motifs is 7. The topological polar surface area (TPSA) is 83.5 Å². The lowest BCUT2D eigenvalue weighted by molar-refractivity contribution is -0.140. The van der Waals surface area contributed by atoms with Gasteiger partial charge in [-0.3, -0.25) is 29.0 Å². The number of likely N-dealkylation sites (N-methyl/N-ethyl adjacent to an activating group) is 2. The standard InChI is InChI=1S/C40H30N4O4S2/c1-20-26(36(45)43(5)38(47)34(20)41-3)16-24-12-22-14-30-28(18-32(22)49-24)29-19-33-23(15-31(29)40(30)10-8-7-9-11-40)13-25(50-33)17-27-21(2)35(42-4)39(48)44(6)37(27)46/h12-19H,7-11H2,1-2,5-6H3/b26-16-,27-17+. The highest BCUT2D eigenvalue weighted by Gasteiger charge is 2.44.